The molecule has 2 aromatic carbocycles. The van der Waals surface area contributed by atoms with Crippen molar-refractivity contribution in [3.8, 4) is 22.5 Å². The maximum absolute atomic E-state index is 13.0. The van der Waals surface area contributed by atoms with Gasteiger partial charge in [0.2, 0.25) is 5.36 Å². The number of esters is 1. The fraction of sp³-hybridized carbons (Fsp3) is 0.355. The number of ether oxygens (including phenoxy) is 1. The second-order valence-electron chi connectivity index (χ2n) is 8.91. The summed E-state index contributed by atoms with van der Waals surface area (Å²) in [6, 6.07) is 20.0. The van der Waals surface area contributed by atoms with Crippen molar-refractivity contribution in [2.75, 3.05) is 44.4 Å². The van der Waals surface area contributed by atoms with Crippen LogP contribution in [0.2, 0.25) is 0 Å². The van der Waals surface area contributed by atoms with Crippen molar-refractivity contribution in [2.45, 2.75) is 34.1 Å². The Morgan fingerprint density at radius 3 is 2.41 bits per heavy atom. The lowest BCUT2D eigenvalue weighted by Gasteiger charge is -2.22. The van der Waals surface area contributed by atoms with Gasteiger partial charge in [-0.15, -0.1) is 0 Å². The first kappa shape index (κ1) is 26.4. The van der Waals surface area contributed by atoms with Gasteiger partial charge in [0.25, 0.3) is 0 Å². The van der Waals surface area contributed by atoms with Crippen LogP contribution in [0.15, 0.2) is 65.1 Å². The fourth-order valence-electron chi connectivity index (χ4n) is 4.90. The molecule has 0 amide bonds. The van der Waals surface area contributed by atoms with Gasteiger partial charge in [-0.2, -0.15) is 0 Å². The van der Waals surface area contributed by atoms with Crippen LogP contribution in [0.5, 0.6) is 0 Å². The van der Waals surface area contributed by atoms with E-state index >= 15 is 0 Å². The van der Waals surface area contributed by atoms with Gasteiger partial charge in [-0.25, -0.2) is 9.37 Å². The van der Waals surface area contributed by atoms with E-state index in [1.165, 1.54) is 0 Å². The highest BCUT2D eigenvalue weighted by Crippen LogP contribution is 2.42. The van der Waals surface area contributed by atoms with E-state index in [9.17, 15) is 9.18 Å². The summed E-state index contributed by atoms with van der Waals surface area (Å²) < 4.78 is 26.8. The quantitative estimate of drug-likeness (QED) is 0.109. The van der Waals surface area contributed by atoms with E-state index in [0.29, 0.717) is 5.56 Å². The van der Waals surface area contributed by atoms with Crippen LogP contribution < -0.4 is 14.8 Å². The highest BCUT2D eigenvalue weighted by Gasteiger charge is 2.23. The van der Waals surface area contributed by atoms with Crippen molar-refractivity contribution in [1.29, 1.82) is 0 Å². The molecule has 0 saturated heterocycles. The summed E-state index contributed by atoms with van der Waals surface area (Å²) in [6.07, 6.45) is 0.187. The lowest BCUT2D eigenvalue weighted by Crippen LogP contribution is -2.29. The number of alkyl halides is 1. The predicted octanol–water partition coefficient (Wildman–Crippen LogP) is 6.38. The number of nitrogens with zero attached hydrogens (tertiary/aromatic N) is 2. The molecule has 0 atom stereocenters. The molecule has 2 aliphatic rings. The smallest absolute Gasteiger partial charge is 0.338 e. The molecule has 5 nitrogen and oxygen atoms in total. The molecular weight excluding hydrogens is 466 g/mol. The van der Waals surface area contributed by atoms with Crippen molar-refractivity contribution in [2.24, 2.45) is 0 Å². The lowest BCUT2D eigenvalue weighted by molar-refractivity contribution is 0.0495. The summed E-state index contributed by atoms with van der Waals surface area (Å²) in [5.74, 6) is 0.301. The van der Waals surface area contributed by atoms with Gasteiger partial charge in [0, 0.05) is 53.8 Å². The summed E-state index contributed by atoms with van der Waals surface area (Å²) in [6.45, 7) is 11.6. The van der Waals surface area contributed by atoms with Crippen LogP contribution in [-0.2, 0) is 4.74 Å². The summed E-state index contributed by atoms with van der Waals surface area (Å²) in [5.41, 5.74) is 4.91. The van der Waals surface area contributed by atoms with E-state index < -0.39 is 12.6 Å². The van der Waals surface area contributed by atoms with E-state index in [-0.39, 0.29) is 13.0 Å². The SMILES string of the molecule is CCN(CC)c1ccc2c(-c3ccccc3C(=O)OCCC[18F])c3ccc(=[N+](CC)CC)cc-3oc2c1. The summed E-state index contributed by atoms with van der Waals surface area (Å²) >= 11 is 0. The lowest BCUT2D eigenvalue weighted by atomic mass is 9.90. The number of rotatable bonds is 10. The van der Waals surface area contributed by atoms with Crippen molar-refractivity contribution in [1.82, 2.24) is 4.58 Å². The molecule has 37 heavy (non-hydrogen) atoms. The molecule has 0 unspecified atom stereocenters. The Bertz CT molecular complexity index is 1420. The third-order valence-electron chi connectivity index (χ3n) is 6.87. The van der Waals surface area contributed by atoms with Gasteiger partial charge in [-0.1, -0.05) is 18.2 Å². The third-order valence-corrected chi connectivity index (χ3v) is 6.87. The van der Waals surface area contributed by atoms with Gasteiger partial charge in [0.15, 0.2) is 0 Å². The van der Waals surface area contributed by atoms with Crippen LogP contribution in [0.1, 0.15) is 44.5 Å². The molecular formula is C31H36FN2O3+. The number of hydrogen-bond donors (Lipinski definition) is 0. The monoisotopic (exact) mass is 502 g/mol. The molecule has 0 bridgehead atoms. The molecule has 0 fully saturated rings. The van der Waals surface area contributed by atoms with Gasteiger partial charge < -0.3 is 14.1 Å². The third kappa shape index (κ3) is 5.38. The number of carbonyl (C=O) groups excluding carboxylic acids is 1. The summed E-state index contributed by atoms with van der Waals surface area (Å²) in [4.78, 5) is 15.3. The van der Waals surface area contributed by atoms with Gasteiger partial charge in [-0.05, 0) is 57.5 Å². The average Bonchev–Trinajstić information content (AvgIpc) is 2.93. The zero-order valence-electron chi connectivity index (χ0n) is 22.2. The van der Waals surface area contributed by atoms with Gasteiger partial charge >= 0.3 is 5.97 Å². The second kappa shape index (κ2) is 12.0. The van der Waals surface area contributed by atoms with Crippen LogP contribution in [0.25, 0.3) is 33.4 Å². The van der Waals surface area contributed by atoms with Gasteiger partial charge in [0.1, 0.15) is 24.4 Å². The van der Waals surface area contributed by atoms with Crippen LogP contribution >= 0.6 is 0 Å². The Morgan fingerprint density at radius 1 is 0.946 bits per heavy atom. The van der Waals surface area contributed by atoms with Crippen LogP contribution in [-0.4, -0.2) is 45.4 Å². The first-order valence-corrected chi connectivity index (χ1v) is 13.2. The summed E-state index contributed by atoms with van der Waals surface area (Å²) in [7, 11) is 0. The largest absolute Gasteiger partial charge is 0.462 e. The molecule has 0 saturated carbocycles. The maximum Gasteiger partial charge on any atom is 0.338 e. The topological polar surface area (TPSA) is 45.7 Å². The van der Waals surface area contributed by atoms with Crippen LogP contribution in [0.4, 0.5) is 10.1 Å². The molecule has 2 aromatic rings. The van der Waals surface area contributed by atoms with Crippen molar-refractivity contribution in [3.05, 3.63) is 71.6 Å². The number of benzene rings is 3. The maximum atomic E-state index is 13.0. The Morgan fingerprint density at radius 2 is 1.70 bits per heavy atom. The minimum atomic E-state index is -0.520. The molecule has 1 aliphatic carbocycles. The second-order valence-corrected chi connectivity index (χ2v) is 8.91. The van der Waals surface area contributed by atoms with E-state index in [1.807, 2.05) is 18.2 Å². The summed E-state index contributed by atoms with van der Waals surface area (Å²) in [5, 5.41) is 2.01. The number of fused-ring (bicyclic) bond motifs is 2. The molecule has 194 valence electrons. The Kier molecular flexibility index (Phi) is 8.59. The Labute approximate surface area is 218 Å². The van der Waals surface area contributed by atoms with E-state index in [2.05, 4.69) is 73.6 Å². The average molecular weight is 503 g/mol. The molecule has 0 N–H and O–H groups in total. The molecule has 0 aromatic heterocycles. The molecule has 0 spiro atoms. The fourth-order valence-corrected chi connectivity index (χ4v) is 4.90. The van der Waals surface area contributed by atoms with E-state index in [4.69, 9.17) is 9.15 Å². The van der Waals surface area contributed by atoms with Crippen molar-refractivity contribution >= 4 is 22.6 Å². The van der Waals surface area contributed by atoms with E-state index in [1.54, 1.807) is 6.07 Å². The number of hydrogen-bond acceptors (Lipinski definition) is 4. The zero-order valence-corrected chi connectivity index (χ0v) is 22.2. The Balaban J connectivity index is 2.03. The van der Waals surface area contributed by atoms with Gasteiger partial charge in [-0.3, -0.25) is 4.39 Å². The standard InChI is InChI=1S/C31H36FN2O3/c1-5-33(6-2)22-14-16-26-28(20-22)37-29-21-23(34(7-3)8-4)15-17-27(29)30(26)24-12-9-10-13-25(24)31(35)36-19-11-18-32/h9-10,12-17,20-21H,5-8,11,18-19H2,1-4H3/q+1/i32-1. The van der Waals surface area contributed by atoms with Crippen molar-refractivity contribution in [3.63, 3.8) is 0 Å². The molecule has 6 heteroatoms. The van der Waals surface area contributed by atoms with Crippen molar-refractivity contribution < 1.29 is 18.3 Å². The normalized spacial score (nSPS) is 11.2. The minimum absolute atomic E-state index is 0.0513. The minimum Gasteiger partial charge on any atom is -0.462 e. The first-order valence-electron chi connectivity index (χ1n) is 13.2. The highest BCUT2D eigenvalue weighted by molar-refractivity contribution is 6.08. The molecule has 1 aliphatic heterocycles. The van der Waals surface area contributed by atoms with Crippen LogP contribution in [0, 0.1) is 0 Å². The molecule has 0 radical (unpaired) electrons. The Hall–Kier alpha value is -3.67. The molecule has 1 heterocycles. The number of anilines is 1. The van der Waals surface area contributed by atoms with Crippen LogP contribution in [0.3, 0.4) is 0 Å². The van der Waals surface area contributed by atoms with Gasteiger partial charge in [0.05, 0.1) is 24.9 Å². The zero-order chi connectivity index (χ0) is 26.4. The molecule has 4 rings (SSSR count). The number of carbonyl (C=O) groups is 1. The highest BCUT2D eigenvalue weighted by atomic mass is 18.2. The number of halogens is 1. The van der Waals surface area contributed by atoms with E-state index in [0.717, 1.165) is 70.6 Å². The predicted molar refractivity (Wildman–Crippen MR) is 149 cm³/mol. The first-order chi connectivity index (χ1) is 18.1.